The van der Waals surface area contributed by atoms with E-state index >= 15 is 0 Å². The molecule has 1 fully saturated rings. The first-order chi connectivity index (χ1) is 9.15. The van der Waals surface area contributed by atoms with Gasteiger partial charge in [0.05, 0.1) is 0 Å². The zero-order valence-corrected chi connectivity index (χ0v) is 11.1. The second kappa shape index (κ2) is 4.68. The van der Waals surface area contributed by atoms with Crippen molar-refractivity contribution in [2.75, 3.05) is 11.9 Å². The number of hydrogen-bond donors (Lipinski definition) is 1. The van der Waals surface area contributed by atoms with Gasteiger partial charge in [-0.3, -0.25) is 9.59 Å². The van der Waals surface area contributed by atoms with E-state index < -0.39 is 0 Å². The molecule has 4 heteroatoms. The van der Waals surface area contributed by atoms with Gasteiger partial charge in [-0.25, -0.2) is 0 Å². The lowest BCUT2D eigenvalue weighted by molar-refractivity contribution is -0.122. The van der Waals surface area contributed by atoms with E-state index in [1.165, 1.54) is 5.56 Å². The first-order valence-electron chi connectivity index (χ1n) is 6.81. The molecule has 0 unspecified atom stereocenters. The zero-order valence-electron chi connectivity index (χ0n) is 11.1. The number of aryl methyl sites for hydroxylation is 1. The molecular weight excluding hydrogens is 240 g/mol. The lowest BCUT2D eigenvalue weighted by Gasteiger charge is -2.26. The summed E-state index contributed by atoms with van der Waals surface area (Å²) in [6.07, 6.45) is 3.43. The standard InChI is InChI=1S/C15H18N2O2/c1-17-13-6-2-10(8-12(13)5-7-14(17)18)9-16-15(19)11-3-4-11/h2,6,8,11H,3-5,7,9H2,1H3,(H,16,19). The summed E-state index contributed by atoms with van der Waals surface area (Å²) in [6, 6.07) is 6.07. The molecule has 2 amide bonds. The van der Waals surface area contributed by atoms with Crippen LogP contribution in [0.5, 0.6) is 0 Å². The van der Waals surface area contributed by atoms with Gasteiger partial charge in [0.15, 0.2) is 0 Å². The Labute approximate surface area is 112 Å². The van der Waals surface area contributed by atoms with E-state index in [-0.39, 0.29) is 17.7 Å². The lowest BCUT2D eigenvalue weighted by Crippen LogP contribution is -2.31. The first kappa shape index (κ1) is 12.2. The molecule has 0 aromatic heterocycles. The fourth-order valence-electron chi connectivity index (χ4n) is 2.50. The normalized spacial score (nSPS) is 18.2. The molecule has 0 spiro atoms. The van der Waals surface area contributed by atoms with Crippen LogP contribution in [0.2, 0.25) is 0 Å². The minimum absolute atomic E-state index is 0.169. The Hall–Kier alpha value is -1.84. The molecule has 1 aliphatic carbocycles. The zero-order chi connectivity index (χ0) is 13.4. The molecule has 2 aliphatic rings. The minimum Gasteiger partial charge on any atom is -0.352 e. The molecule has 1 aromatic rings. The summed E-state index contributed by atoms with van der Waals surface area (Å²) in [4.78, 5) is 24.9. The number of nitrogens with zero attached hydrogens (tertiary/aromatic N) is 1. The molecule has 1 aromatic carbocycles. The van der Waals surface area contributed by atoms with Gasteiger partial charge < -0.3 is 10.2 Å². The van der Waals surface area contributed by atoms with E-state index in [0.29, 0.717) is 13.0 Å². The van der Waals surface area contributed by atoms with E-state index in [4.69, 9.17) is 0 Å². The second-order valence-corrected chi connectivity index (χ2v) is 5.41. The Balaban J connectivity index is 1.70. The number of nitrogens with one attached hydrogen (secondary N) is 1. The summed E-state index contributed by atoms with van der Waals surface area (Å²) in [5, 5.41) is 2.97. The highest BCUT2D eigenvalue weighted by molar-refractivity contribution is 5.95. The maximum absolute atomic E-state index is 11.6. The van der Waals surface area contributed by atoms with Crippen molar-refractivity contribution in [3.63, 3.8) is 0 Å². The van der Waals surface area contributed by atoms with Gasteiger partial charge in [-0.2, -0.15) is 0 Å². The van der Waals surface area contributed by atoms with Gasteiger partial charge in [-0.05, 0) is 36.5 Å². The SMILES string of the molecule is CN1C(=O)CCc2cc(CNC(=O)C3CC3)ccc21. The second-order valence-electron chi connectivity index (χ2n) is 5.41. The maximum Gasteiger partial charge on any atom is 0.227 e. The maximum atomic E-state index is 11.6. The fourth-order valence-corrected chi connectivity index (χ4v) is 2.50. The van der Waals surface area contributed by atoms with Crippen LogP contribution in [0.4, 0.5) is 5.69 Å². The Morgan fingerprint density at radius 1 is 1.37 bits per heavy atom. The Morgan fingerprint density at radius 3 is 2.89 bits per heavy atom. The van der Waals surface area contributed by atoms with Crippen molar-refractivity contribution >= 4 is 17.5 Å². The van der Waals surface area contributed by atoms with Gasteiger partial charge in [0.1, 0.15) is 0 Å². The summed E-state index contributed by atoms with van der Waals surface area (Å²) in [6.45, 7) is 0.584. The van der Waals surface area contributed by atoms with E-state index in [1.54, 1.807) is 4.90 Å². The third kappa shape index (κ3) is 2.48. The van der Waals surface area contributed by atoms with Gasteiger partial charge in [-0.1, -0.05) is 12.1 Å². The van der Waals surface area contributed by atoms with Crippen molar-refractivity contribution in [1.29, 1.82) is 0 Å². The Bertz CT molecular complexity index is 535. The van der Waals surface area contributed by atoms with Gasteiger partial charge in [0.2, 0.25) is 11.8 Å². The highest BCUT2D eigenvalue weighted by Crippen LogP contribution is 2.29. The third-order valence-corrected chi connectivity index (χ3v) is 3.90. The first-order valence-corrected chi connectivity index (χ1v) is 6.81. The van der Waals surface area contributed by atoms with Gasteiger partial charge in [-0.15, -0.1) is 0 Å². The predicted molar refractivity (Wildman–Crippen MR) is 72.7 cm³/mol. The summed E-state index contributed by atoms with van der Waals surface area (Å²) in [7, 11) is 1.81. The topological polar surface area (TPSA) is 49.4 Å². The van der Waals surface area contributed by atoms with Gasteiger partial charge >= 0.3 is 0 Å². The molecule has 4 nitrogen and oxygen atoms in total. The molecule has 1 saturated carbocycles. The fraction of sp³-hybridized carbons (Fsp3) is 0.467. The minimum atomic E-state index is 0.169. The van der Waals surface area contributed by atoms with Crippen molar-refractivity contribution in [3.8, 4) is 0 Å². The molecule has 19 heavy (non-hydrogen) atoms. The number of rotatable bonds is 3. The molecular formula is C15H18N2O2. The Kier molecular flexibility index (Phi) is 3.01. The molecule has 0 radical (unpaired) electrons. The lowest BCUT2D eigenvalue weighted by atomic mass is 9.99. The number of anilines is 1. The van der Waals surface area contributed by atoms with Crippen LogP contribution in [-0.4, -0.2) is 18.9 Å². The smallest absolute Gasteiger partial charge is 0.227 e. The number of carbonyl (C=O) groups excluding carboxylic acids is 2. The van der Waals surface area contributed by atoms with Crippen molar-refractivity contribution in [3.05, 3.63) is 29.3 Å². The van der Waals surface area contributed by atoms with Crippen LogP contribution < -0.4 is 10.2 Å². The Morgan fingerprint density at radius 2 is 2.16 bits per heavy atom. The molecule has 1 N–H and O–H groups in total. The number of hydrogen-bond acceptors (Lipinski definition) is 2. The number of carbonyl (C=O) groups is 2. The molecule has 100 valence electrons. The molecule has 3 rings (SSSR count). The molecule has 0 atom stereocenters. The highest BCUT2D eigenvalue weighted by Gasteiger charge is 2.29. The van der Waals surface area contributed by atoms with E-state index in [2.05, 4.69) is 11.4 Å². The van der Waals surface area contributed by atoms with Gasteiger partial charge in [0, 0.05) is 31.6 Å². The monoisotopic (exact) mass is 258 g/mol. The summed E-state index contributed by atoms with van der Waals surface area (Å²) in [5.74, 6) is 0.591. The van der Waals surface area contributed by atoms with E-state index in [0.717, 1.165) is 30.5 Å². The van der Waals surface area contributed by atoms with Crippen LogP contribution in [0.3, 0.4) is 0 Å². The van der Waals surface area contributed by atoms with Gasteiger partial charge in [0.25, 0.3) is 0 Å². The third-order valence-electron chi connectivity index (χ3n) is 3.90. The van der Waals surface area contributed by atoms with Crippen LogP contribution in [0, 0.1) is 5.92 Å². The largest absolute Gasteiger partial charge is 0.352 e. The van der Waals surface area contributed by atoms with Crippen molar-refractivity contribution in [1.82, 2.24) is 5.32 Å². The number of amides is 2. The van der Waals surface area contributed by atoms with Crippen molar-refractivity contribution in [2.45, 2.75) is 32.2 Å². The highest BCUT2D eigenvalue weighted by atomic mass is 16.2. The quantitative estimate of drug-likeness (QED) is 0.895. The van der Waals surface area contributed by atoms with E-state index in [1.807, 2.05) is 19.2 Å². The molecule has 1 aliphatic heterocycles. The summed E-state index contributed by atoms with van der Waals surface area (Å²) >= 11 is 0. The molecule has 0 saturated heterocycles. The van der Waals surface area contributed by atoms with Crippen LogP contribution in [-0.2, 0) is 22.6 Å². The molecule has 0 bridgehead atoms. The van der Waals surface area contributed by atoms with Crippen LogP contribution in [0.25, 0.3) is 0 Å². The van der Waals surface area contributed by atoms with Crippen molar-refractivity contribution in [2.24, 2.45) is 5.92 Å². The number of fused-ring (bicyclic) bond motifs is 1. The predicted octanol–water partition coefficient (Wildman–Crippen LogP) is 1.62. The number of benzene rings is 1. The van der Waals surface area contributed by atoms with Crippen LogP contribution in [0.15, 0.2) is 18.2 Å². The van der Waals surface area contributed by atoms with Crippen LogP contribution in [0.1, 0.15) is 30.4 Å². The average Bonchev–Trinajstić information content (AvgIpc) is 3.25. The average molecular weight is 258 g/mol. The molecule has 1 heterocycles. The summed E-state index contributed by atoms with van der Waals surface area (Å²) in [5.41, 5.74) is 3.30. The summed E-state index contributed by atoms with van der Waals surface area (Å²) < 4.78 is 0. The van der Waals surface area contributed by atoms with Crippen molar-refractivity contribution < 1.29 is 9.59 Å². The van der Waals surface area contributed by atoms with Crippen LogP contribution >= 0.6 is 0 Å². The van der Waals surface area contributed by atoms with E-state index in [9.17, 15) is 9.59 Å².